The maximum atomic E-state index is 12.8. The van der Waals surface area contributed by atoms with Crippen LogP contribution >= 0.6 is 46.4 Å². The van der Waals surface area contributed by atoms with Crippen molar-refractivity contribution in [1.82, 2.24) is 0 Å². The van der Waals surface area contributed by atoms with Crippen LogP contribution < -0.4 is 0 Å². The minimum absolute atomic E-state index is 0.00758. The molecule has 0 spiro atoms. The molecule has 0 aromatic heterocycles. The van der Waals surface area contributed by atoms with Crippen molar-refractivity contribution in [3.63, 3.8) is 0 Å². The summed E-state index contributed by atoms with van der Waals surface area (Å²) >= 11 is 24.1. The van der Waals surface area contributed by atoms with E-state index in [0.717, 1.165) is 0 Å². The van der Waals surface area contributed by atoms with Crippen molar-refractivity contribution >= 4 is 64.3 Å². The van der Waals surface area contributed by atoms with E-state index in [2.05, 4.69) is 0 Å². The molecular weight excluding hydrogens is 538 g/mol. The van der Waals surface area contributed by atoms with E-state index in [-0.39, 0.29) is 32.3 Å². The van der Waals surface area contributed by atoms with Gasteiger partial charge in [-0.2, -0.15) is 0 Å². The van der Waals surface area contributed by atoms with Crippen molar-refractivity contribution in [1.29, 1.82) is 0 Å². The molecule has 0 radical (unpaired) electrons. The van der Waals surface area contributed by atoms with Crippen LogP contribution in [0.5, 0.6) is 0 Å². The molecule has 10 heteroatoms. The summed E-state index contributed by atoms with van der Waals surface area (Å²) in [7, 11) is 0. The zero-order valence-corrected chi connectivity index (χ0v) is 22.0. The van der Waals surface area contributed by atoms with Crippen molar-refractivity contribution in [3.8, 4) is 0 Å². The average Bonchev–Trinajstić information content (AvgIpc) is 2.79. The molecule has 1 aliphatic carbocycles. The number of halogens is 4. The lowest BCUT2D eigenvalue weighted by atomic mass is 9.83. The van der Waals surface area contributed by atoms with Crippen molar-refractivity contribution in [2.75, 3.05) is 6.61 Å². The van der Waals surface area contributed by atoms with Crippen molar-refractivity contribution in [3.05, 3.63) is 67.6 Å². The van der Waals surface area contributed by atoms with Gasteiger partial charge in [0.05, 0.1) is 19.4 Å². The molecule has 2 aromatic carbocycles. The van der Waals surface area contributed by atoms with E-state index in [1.165, 1.54) is 6.07 Å². The van der Waals surface area contributed by atoms with Crippen LogP contribution in [0.15, 0.2) is 36.4 Å². The van der Waals surface area contributed by atoms with Crippen LogP contribution in [0.3, 0.4) is 0 Å². The lowest BCUT2D eigenvalue weighted by Crippen LogP contribution is -2.49. The van der Waals surface area contributed by atoms with Crippen LogP contribution in [0.25, 0.3) is 0 Å². The van der Waals surface area contributed by atoms with Crippen molar-refractivity contribution in [2.24, 2.45) is 0 Å². The first-order chi connectivity index (χ1) is 16.6. The number of esters is 3. The second kappa shape index (κ2) is 12.3. The van der Waals surface area contributed by atoms with Gasteiger partial charge >= 0.3 is 17.9 Å². The molecule has 0 N–H and O–H groups in total. The third-order valence-electron chi connectivity index (χ3n) is 5.69. The van der Waals surface area contributed by atoms with Crippen LogP contribution in [0.4, 0.5) is 0 Å². The highest BCUT2D eigenvalue weighted by Gasteiger charge is 2.47. The third-order valence-corrected chi connectivity index (χ3v) is 6.87. The van der Waals surface area contributed by atoms with E-state index in [1.54, 1.807) is 37.3 Å². The van der Waals surface area contributed by atoms with E-state index in [0.29, 0.717) is 44.1 Å². The quantitative estimate of drug-likeness (QED) is 0.273. The van der Waals surface area contributed by atoms with Crippen molar-refractivity contribution < 1.29 is 28.6 Å². The molecule has 6 nitrogen and oxygen atoms in total. The molecule has 1 fully saturated rings. The fourth-order valence-corrected chi connectivity index (χ4v) is 4.86. The van der Waals surface area contributed by atoms with E-state index < -0.39 is 29.6 Å². The van der Waals surface area contributed by atoms with E-state index in [1.807, 2.05) is 0 Å². The van der Waals surface area contributed by atoms with Gasteiger partial charge < -0.3 is 14.2 Å². The molecule has 0 heterocycles. The first-order valence-electron chi connectivity index (χ1n) is 11.1. The topological polar surface area (TPSA) is 78.9 Å². The molecule has 0 aliphatic heterocycles. The summed E-state index contributed by atoms with van der Waals surface area (Å²) in [4.78, 5) is 37.9. The molecule has 1 saturated carbocycles. The lowest BCUT2D eigenvalue weighted by Gasteiger charge is -2.37. The Hall–Kier alpha value is -1.99. The maximum absolute atomic E-state index is 12.8. The predicted molar refractivity (Wildman–Crippen MR) is 134 cm³/mol. The summed E-state index contributed by atoms with van der Waals surface area (Å²) in [6.07, 6.45) is 0.406. The van der Waals surface area contributed by atoms with Gasteiger partial charge in [-0.05, 0) is 55.2 Å². The number of carbonyl (C=O) groups is 3. The third kappa shape index (κ3) is 7.50. The maximum Gasteiger partial charge on any atom is 0.350 e. The normalized spacial score (nSPS) is 19.6. The molecule has 3 rings (SSSR count). The SMILES string of the molecule is CCOC(=O)C1(OC(=O)Cc2ccc(Cl)cc2Cl)CCC(OC(=O)Cc2ccc(Cl)cc2Cl)CC1. The molecule has 0 saturated heterocycles. The van der Waals surface area contributed by atoms with Crippen LogP contribution in [-0.4, -0.2) is 36.2 Å². The van der Waals surface area contributed by atoms with Gasteiger partial charge in [-0.1, -0.05) is 58.5 Å². The van der Waals surface area contributed by atoms with Gasteiger partial charge in [0.1, 0.15) is 6.10 Å². The average molecular weight is 562 g/mol. The van der Waals surface area contributed by atoms with Crippen LogP contribution in [-0.2, 0) is 41.4 Å². The van der Waals surface area contributed by atoms with Crippen LogP contribution in [0.1, 0.15) is 43.7 Å². The highest BCUT2D eigenvalue weighted by molar-refractivity contribution is 6.35. The van der Waals surface area contributed by atoms with E-state index >= 15 is 0 Å². The second-order valence-electron chi connectivity index (χ2n) is 8.20. The second-order valence-corrected chi connectivity index (χ2v) is 9.89. The number of benzene rings is 2. The molecule has 0 bridgehead atoms. The minimum atomic E-state index is -1.45. The Kier molecular flexibility index (Phi) is 9.70. The predicted octanol–water partition coefficient (Wildman–Crippen LogP) is 6.42. The summed E-state index contributed by atoms with van der Waals surface area (Å²) in [5.41, 5.74) is -0.315. The number of carbonyl (C=O) groups excluding carboxylic acids is 3. The molecule has 0 amide bonds. The first kappa shape index (κ1) is 27.6. The largest absolute Gasteiger partial charge is 0.463 e. The number of rotatable bonds is 8. The Morgan fingerprint density at radius 1 is 0.857 bits per heavy atom. The van der Waals surface area contributed by atoms with Gasteiger partial charge in [0, 0.05) is 32.9 Å². The zero-order valence-electron chi connectivity index (χ0n) is 19.0. The van der Waals surface area contributed by atoms with Crippen LogP contribution in [0, 0.1) is 0 Å². The van der Waals surface area contributed by atoms with Crippen LogP contribution in [0.2, 0.25) is 20.1 Å². The lowest BCUT2D eigenvalue weighted by molar-refractivity contribution is -0.190. The standard InChI is InChI=1S/C25H24Cl4O6/c1-2-33-24(32)25(35-23(31)12-16-4-6-18(27)14-21(16)29)9-7-19(8-10-25)34-22(30)11-15-3-5-17(26)13-20(15)28/h3-6,13-14,19H,2,7-12H2,1H3. The molecule has 1 aliphatic rings. The highest BCUT2D eigenvalue weighted by Crippen LogP contribution is 2.35. The molecule has 0 unspecified atom stereocenters. The van der Waals surface area contributed by atoms with Gasteiger partial charge in [-0.15, -0.1) is 0 Å². The van der Waals surface area contributed by atoms with Gasteiger partial charge in [0.25, 0.3) is 0 Å². The highest BCUT2D eigenvalue weighted by atomic mass is 35.5. The summed E-state index contributed by atoms with van der Waals surface area (Å²) in [6.45, 7) is 1.82. The molecule has 2 aromatic rings. The summed E-state index contributed by atoms with van der Waals surface area (Å²) in [6, 6.07) is 9.66. The smallest absolute Gasteiger partial charge is 0.350 e. The van der Waals surface area contributed by atoms with Gasteiger partial charge in [0.15, 0.2) is 0 Å². The summed E-state index contributed by atoms with van der Waals surface area (Å²) in [5.74, 6) is -1.68. The summed E-state index contributed by atoms with van der Waals surface area (Å²) in [5, 5.41) is 1.63. The number of hydrogen-bond donors (Lipinski definition) is 0. The minimum Gasteiger partial charge on any atom is -0.463 e. The number of ether oxygens (including phenoxy) is 3. The Morgan fingerprint density at radius 3 is 1.86 bits per heavy atom. The van der Waals surface area contributed by atoms with Crippen molar-refractivity contribution in [2.45, 2.75) is 57.2 Å². The van der Waals surface area contributed by atoms with Gasteiger partial charge in [-0.25, -0.2) is 4.79 Å². The Bertz CT molecular complexity index is 1100. The fraction of sp³-hybridized carbons (Fsp3) is 0.400. The Labute approximate surface area is 223 Å². The summed E-state index contributed by atoms with van der Waals surface area (Å²) < 4.78 is 16.5. The Balaban J connectivity index is 1.62. The molecule has 188 valence electrons. The van der Waals surface area contributed by atoms with Gasteiger partial charge in [-0.3, -0.25) is 9.59 Å². The molecular formula is C25H24Cl4O6. The van der Waals surface area contributed by atoms with E-state index in [4.69, 9.17) is 60.6 Å². The van der Waals surface area contributed by atoms with E-state index in [9.17, 15) is 14.4 Å². The Morgan fingerprint density at radius 2 is 1.37 bits per heavy atom. The fourth-order valence-electron chi connectivity index (χ4n) is 3.91. The molecule has 35 heavy (non-hydrogen) atoms. The zero-order chi connectivity index (χ0) is 25.6. The monoisotopic (exact) mass is 560 g/mol. The van der Waals surface area contributed by atoms with Gasteiger partial charge in [0.2, 0.25) is 5.60 Å². The first-order valence-corrected chi connectivity index (χ1v) is 12.6. The number of hydrogen-bond acceptors (Lipinski definition) is 6. The molecule has 0 atom stereocenters.